The molecule has 0 spiro atoms. The lowest BCUT2D eigenvalue weighted by atomic mass is 9.91. The van der Waals surface area contributed by atoms with Crippen molar-refractivity contribution in [3.8, 4) is 28.4 Å². The Hall–Kier alpha value is -1.46. The zero-order valence-corrected chi connectivity index (χ0v) is 27.1. The monoisotopic (exact) mass is 572 g/mol. The van der Waals surface area contributed by atoms with Crippen molar-refractivity contribution in [1.29, 1.82) is 0 Å². The van der Waals surface area contributed by atoms with Gasteiger partial charge in [0.1, 0.15) is 5.75 Å². The minimum Gasteiger partial charge on any atom is -0.493 e. The lowest BCUT2D eigenvalue weighted by Gasteiger charge is -2.29. The third-order valence-electron chi connectivity index (χ3n) is 7.40. The summed E-state index contributed by atoms with van der Waals surface area (Å²) in [5, 5.41) is 0. The molecule has 0 unspecified atom stereocenters. The molecule has 5 heteroatoms. The van der Waals surface area contributed by atoms with E-state index in [1.54, 1.807) is 0 Å². The van der Waals surface area contributed by atoms with Crippen LogP contribution in [-0.4, -0.2) is 19.8 Å². The standard InChI is InChI=1S/C34H52O3S2/c1-7-11-15-19-27-30-28(23-25(5)32(27)35-20-16-12-8-2)38-39-29-24-26(6)33(36-21-17-13-9-3)34(31(29)30)37-22-18-14-10-4/h23-24H,7-22H2,1-6H3. The average molecular weight is 573 g/mol. The van der Waals surface area contributed by atoms with Gasteiger partial charge in [-0.2, -0.15) is 0 Å². The van der Waals surface area contributed by atoms with Crippen LogP contribution in [0.15, 0.2) is 21.9 Å². The van der Waals surface area contributed by atoms with Crippen molar-refractivity contribution in [1.82, 2.24) is 0 Å². The van der Waals surface area contributed by atoms with E-state index >= 15 is 0 Å². The van der Waals surface area contributed by atoms with Crippen LogP contribution in [0.25, 0.3) is 11.1 Å². The van der Waals surface area contributed by atoms with Gasteiger partial charge in [0, 0.05) is 26.5 Å². The summed E-state index contributed by atoms with van der Waals surface area (Å²) < 4.78 is 19.8. The Morgan fingerprint density at radius 3 is 1.49 bits per heavy atom. The van der Waals surface area contributed by atoms with Gasteiger partial charge in [-0.3, -0.25) is 0 Å². The maximum Gasteiger partial charge on any atom is 0.170 e. The number of aryl methyl sites for hydroxylation is 2. The second kappa shape index (κ2) is 17.4. The fraction of sp³-hybridized carbons (Fsp3) is 0.647. The fourth-order valence-corrected chi connectivity index (χ4v) is 7.74. The predicted molar refractivity (Wildman–Crippen MR) is 171 cm³/mol. The predicted octanol–water partition coefficient (Wildman–Crippen LogP) is 11.5. The summed E-state index contributed by atoms with van der Waals surface area (Å²) in [7, 11) is 3.74. The van der Waals surface area contributed by atoms with Crippen molar-refractivity contribution in [2.24, 2.45) is 0 Å². The highest BCUT2D eigenvalue weighted by Crippen LogP contribution is 2.59. The van der Waals surface area contributed by atoms with Crippen LogP contribution in [0.4, 0.5) is 0 Å². The van der Waals surface area contributed by atoms with Gasteiger partial charge in [-0.05, 0) is 69.2 Å². The molecule has 0 fully saturated rings. The lowest BCUT2D eigenvalue weighted by molar-refractivity contribution is 0.258. The third-order valence-corrected chi connectivity index (χ3v) is 9.81. The Morgan fingerprint density at radius 2 is 0.949 bits per heavy atom. The zero-order valence-electron chi connectivity index (χ0n) is 25.5. The van der Waals surface area contributed by atoms with Gasteiger partial charge in [0.2, 0.25) is 0 Å². The highest BCUT2D eigenvalue weighted by Gasteiger charge is 2.31. The van der Waals surface area contributed by atoms with Crippen molar-refractivity contribution in [2.45, 2.75) is 135 Å². The molecular weight excluding hydrogens is 521 g/mol. The summed E-state index contributed by atoms with van der Waals surface area (Å²) in [6.45, 7) is 15.6. The smallest absolute Gasteiger partial charge is 0.170 e. The highest BCUT2D eigenvalue weighted by atomic mass is 33.1. The second-order valence-corrected chi connectivity index (χ2v) is 13.1. The van der Waals surface area contributed by atoms with E-state index in [1.807, 2.05) is 21.6 Å². The molecular formula is C34H52O3S2. The molecule has 3 rings (SSSR count). The van der Waals surface area contributed by atoms with Crippen LogP contribution in [0.1, 0.15) is 121 Å². The molecule has 1 aliphatic heterocycles. The van der Waals surface area contributed by atoms with Crippen LogP contribution in [0.3, 0.4) is 0 Å². The van der Waals surface area contributed by atoms with Gasteiger partial charge >= 0.3 is 0 Å². The van der Waals surface area contributed by atoms with Crippen LogP contribution < -0.4 is 14.2 Å². The lowest BCUT2D eigenvalue weighted by Crippen LogP contribution is -2.10. The molecule has 2 aromatic rings. The molecule has 0 atom stereocenters. The van der Waals surface area contributed by atoms with Crippen molar-refractivity contribution in [3.05, 3.63) is 28.8 Å². The SMILES string of the molecule is CCCCCOc1c(C)cc2c(c1CCCCC)-c1c(cc(C)c(OCCCCC)c1OCCCCC)SS2. The van der Waals surface area contributed by atoms with Gasteiger partial charge < -0.3 is 14.2 Å². The molecule has 1 aliphatic rings. The maximum absolute atomic E-state index is 6.71. The number of benzene rings is 2. The van der Waals surface area contributed by atoms with Crippen LogP contribution in [0, 0.1) is 13.8 Å². The summed E-state index contributed by atoms with van der Waals surface area (Å²) in [5.41, 5.74) is 6.34. The topological polar surface area (TPSA) is 27.7 Å². The molecule has 218 valence electrons. The van der Waals surface area contributed by atoms with E-state index < -0.39 is 0 Å². The van der Waals surface area contributed by atoms with Crippen LogP contribution in [-0.2, 0) is 6.42 Å². The molecule has 3 nitrogen and oxygen atoms in total. The van der Waals surface area contributed by atoms with Gasteiger partial charge in [-0.15, -0.1) is 0 Å². The minimum absolute atomic E-state index is 0.722. The van der Waals surface area contributed by atoms with Crippen molar-refractivity contribution in [2.75, 3.05) is 19.8 Å². The molecule has 0 amide bonds. The quantitative estimate of drug-likeness (QED) is 0.123. The maximum atomic E-state index is 6.71. The van der Waals surface area contributed by atoms with E-state index in [4.69, 9.17) is 14.2 Å². The Morgan fingerprint density at radius 1 is 0.513 bits per heavy atom. The van der Waals surface area contributed by atoms with Crippen LogP contribution in [0.5, 0.6) is 17.2 Å². The van der Waals surface area contributed by atoms with Crippen molar-refractivity contribution < 1.29 is 14.2 Å². The molecule has 39 heavy (non-hydrogen) atoms. The van der Waals surface area contributed by atoms with E-state index in [9.17, 15) is 0 Å². The Kier molecular flexibility index (Phi) is 14.3. The summed E-state index contributed by atoms with van der Waals surface area (Å²) in [5.74, 6) is 2.98. The van der Waals surface area contributed by atoms with Gasteiger partial charge in [0.05, 0.1) is 19.8 Å². The first-order valence-electron chi connectivity index (χ1n) is 15.6. The molecule has 2 aromatic carbocycles. The normalized spacial score (nSPS) is 12.3. The second-order valence-electron chi connectivity index (χ2n) is 10.9. The largest absolute Gasteiger partial charge is 0.493 e. The van der Waals surface area contributed by atoms with Crippen LogP contribution >= 0.6 is 21.6 Å². The van der Waals surface area contributed by atoms with Gasteiger partial charge in [-0.1, -0.05) is 101 Å². The van der Waals surface area contributed by atoms with E-state index in [2.05, 4.69) is 53.7 Å². The minimum atomic E-state index is 0.722. The molecule has 0 aromatic heterocycles. The van der Waals surface area contributed by atoms with E-state index in [0.29, 0.717) is 0 Å². The Bertz CT molecular complexity index is 1030. The van der Waals surface area contributed by atoms with Crippen molar-refractivity contribution >= 4 is 21.6 Å². The number of rotatable bonds is 19. The van der Waals surface area contributed by atoms with Crippen molar-refractivity contribution in [3.63, 3.8) is 0 Å². The molecule has 0 bridgehead atoms. The number of hydrogen-bond acceptors (Lipinski definition) is 5. The number of fused-ring (bicyclic) bond motifs is 3. The van der Waals surface area contributed by atoms with Crippen LogP contribution in [0.2, 0.25) is 0 Å². The Balaban J connectivity index is 2.15. The fourth-order valence-electron chi connectivity index (χ4n) is 5.19. The average Bonchev–Trinajstić information content (AvgIpc) is 2.93. The van der Waals surface area contributed by atoms with E-state index in [1.165, 1.54) is 95.4 Å². The summed E-state index contributed by atoms with van der Waals surface area (Å²) in [4.78, 5) is 2.62. The van der Waals surface area contributed by atoms with Gasteiger partial charge in [-0.25, -0.2) is 0 Å². The first kappa shape index (κ1) is 32.1. The molecule has 0 saturated heterocycles. The Labute approximate surface area is 246 Å². The summed E-state index contributed by atoms with van der Waals surface area (Å²) >= 11 is 0. The highest BCUT2D eigenvalue weighted by molar-refractivity contribution is 8.76. The molecule has 0 N–H and O–H groups in total. The molecule has 1 heterocycles. The molecule has 0 saturated carbocycles. The zero-order chi connectivity index (χ0) is 28.0. The first-order valence-corrected chi connectivity index (χ1v) is 17.8. The first-order chi connectivity index (χ1) is 19.1. The van der Waals surface area contributed by atoms with Gasteiger partial charge in [0.15, 0.2) is 11.5 Å². The number of hydrogen-bond donors (Lipinski definition) is 0. The van der Waals surface area contributed by atoms with E-state index in [0.717, 1.165) is 62.8 Å². The third kappa shape index (κ3) is 8.76. The summed E-state index contributed by atoms with van der Waals surface area (Å²) in [6.07, 6.45) is 15.0. The summed E-state index contributed by atoms with van der Waals surface area (Å²) in [6, 6.07) is 4.67. The van der Waals surface area contributed by atoms with Gasteiger partial charge in [0.25, 0.3) is 0 Å². The molecule has 0 aliphatic carbocycles. The number of unbranched alkanes of at least 4 members (excludes halogenated alkanes) is 8. The molecule has 0 radical (unpaired) electrons. The number of ether oxygens (including phenoxy) is 3. The van der Waals surface area contributed by atoms with E-state index in [-0.39, 0.29) is 0 Å².